The summed E-state index contributed by atoms with van der Waals surface area (Å²) in [5.41, 5.74) is 1.14. The summed E-state index contributed by atoms with van der Waals surface area (Å²) in [6.07, 6.45) is 10.9. The molecule has 0 saturated heterocycles. The van der Waals surface area contributed by atoms with E-state index in [0.29, 0.717) is 12.1 Å². The van der Waals surface area contributed by atoms with Gasteiger partial charge in [0.25, 0.3) is 0 Å². The van der Waals surface area contributed by atoms with Gasteiger partial charge in [-0.25, -0.2) is 0 Å². The molecule has 0 radical (unpaired) electrons. The summed E-state index contributed by atoms with van der Waals surface area (Å²) in [7, 11) is 0. The number of aliphatic hydroxyl groups is 1. The molecule has 2 rings (SSSR count). The molecule has 1 aliphatic carbocycles. The maximum atomic E-state index is 9.35. The van der Waals surface area contributed by atoms with Crippen LogP contribution in [0.2, 0.25) is 0 Å². The summed E-state index contributed by atoms with van der Waals surface area (Å²) in [4.78, 5) is 2.43. The Bertz CT molecular complexity index is 394. The van der Waals surface area contributed by atoms with Crippen molar-refractivity contribution in [3.8, 4) is 0 Å². The van der Waals surface area contributed by atoms with Gasteiger partial charge in [0.05, 0.1) is 18.3 Å². The lowest BCUT2D eigenvalue weighted by Gasteiger charge is -2.33. The maximum absolute atomic E-state index is 9.35. The molecule has 0 atom stereocenters. The van der Waals surface area contributed by atoms with Crippen LogP contribution in [0, 0.1) is 0 Å². The van der Waals surface area contributed by atoms with E-state index in [1.165, 1.54) is 32.1 Å². The molecule has 1 saturated carbocycles. The molecule has 1 fully saturated rings. The van der Waals surface area contributed by atoms with Crippen molar-refractivity contribution in [1.82, 2.24) is 14.7 Å². The molecule has 4 nitrogen and oxygen atoms in total. The summed E-state index contributed by atoms with van der Waals surface area (Å²) in [5.74, 6) is 0. The molecule has 0 aromatic carbocycles. The molecule has 21 heavy (non-hydrogen) atoms. The van der Waals surface area contributed by atoms with E-state index in [1.54, 1.807) is 0 Å². The summed E-state index contributed by atoms with van der Waals surface area (Å²) in [6.45, 7) is 6.32. The van der Waals surface area contributed by atoms with Crippen LogP contribution in [0.25, 0.3) is 0 Å². The van der Waals surface area contributed by atoms with Crippen LogP contribution >= 0.6 is 0 Å². The molecule has 0 unspecified atom stereocenters. The van der Waals surface area contributed by atoms with Crippen molar-refractivity contribution in [3.05, 3.63) is 18.0 Å². The summed E-state index contributed by atoms with van der Waals surface area (Å²) < 4.78 is 2.12. The lowest BCUT2D eigenvalue weighted by molar-refractivity contribution is 0.115. The van der Waals surface area contributed by atoms with Crippen molar-refractivity contribution in [1.29, 1.82) is 0 Å². The van der Waals surface area contributed by atoms with Crippen LogP contribution in [0.4, 0.5) is 0 Å². The molecule has 120 valence electrons. The van der Waals surface area contributed by atoms with Gasteiger partial charge in [-0.1, -0.05) is 33.1 Å². The topological polar surface area (TPSA) is 41.3 Å². The van der Waals surface area contributed by atoms with Crippen LogP contribution in [0.3, 0.4) is 0 Å². The third kappa shape index (κ3) is 4.55. The fraction of sp³-hybridized carbons (Fsp3) is 0.824. The fourth-order valence-electron chi connectivity index (χ4n) is 3.50. The second kappa shape index (κ2) is 8.54. The van der Waals surface area contributed by atoms with E-state index in [0.717, 1.165) is 31.6 Å². The normalized spacial score (nSPS) is 17.0. The van der Waals surface area contributed by atoms with Crippen molar-refractivity contribution in [3.63, 3.8) is 0 Å². The number of nitrogens with zero attached hydrogens (tertiary/aromatic N) is 3. The van der Waals surface area contributed by atoms with Crippen molar-refractivity contribution in [2.24, 2.45) is 0 Å². The van der Waals surface area contributed by atoms with E-state index in [-0.39, 0.29) is 6.61 Å². The Kier molecular flexibility index (Phi) is 6.71. The van der Waals surface area contributed by atoms with Gasteiger partial charge in [0, 0.05) is 25.3 Å². The van der Waals surface area contributed by atoms with Crippen LogP contribution in [0.15, 0.2) is 12.3 Å². The predicted octanol–water partition coefficient (Wildman–Crippen LogP) is 3.37. The minimum Gasteiger partial charge on any atom is -0.395 e. The molecule has 1 heterocycles. The molecule has 4 heteroatoms. The van der Waals surface area contributed by atoms with Crippen LogP contribution < -0.4 is 0 Å². The molecule has 0 aliphatic heterocycles. The van der Waals surface area contributed by atoms with Gasteiger partial charge in [0.2, 0.25) is 0 Å². The maximum Gasteiger partial charge on any atom is 0.0765 e. The largest absolute Gasteiger partial charge is 0.395 e. The van der Waals surface area contributed by atoms with Gasteiger partial charge in [-0.3, -0.25) is 9.58 Å². The molecular weight excluding hydrogens is 262 g/mol. The van der Waals surface area contributed by atoms with Gasteiger partial charge < -0.3 is 5.11 Å². The third-order valence-corrected chi connectivity index (χ3v) is 4.82. The molecule has 0 amide bonds. The van der Waals surface area contributed by atoms with Crippen LogP contribution in [0.1, 0.15) is 70.5 Å². The highest BCUT2D eigenvalue weighted by molar-refractivity contribution is 5.00. The van der Waals surface area contributed by atoms with E-state index < -0.39 is 0 Å². The van der Waals surface area contributed by atoms with Gasteiger partial charge in [0.15, 0.2) is 0 Å². The average molecular weight is 293 g/mol. The van der Waals surface area contributed by atoms with Crippen LogP contribution in [0.5, 0.6) is 0 Å². The molecule has 0 spiro atoms. The molecular formula is C17H31N3O. The summed E-state index contributed by atoms with van der Waals surface area (Å²) >= 11 is 0. The van der Waals surface area contributed by atoms with Gasteiger partial charge in [-0.15, -0.1) is 0 Å². The number of rotatable bonds is 8. The molecule has 1 N–H and O–H groups in total. The number of aliphatic hydroxyl groups excluding tert-OH is 1. The molecule has 1 aromatic heterocycles. The first-order valence-corrected chi connectivity index (χ1v) is 8.67. The Balaban J connectivity index is 1.99. The van der Waals surface area contributed by atoms with Crippen molar-refractivity contribution < 1.29 is 5.11 Å². The zero-order chi connectivity index (χ0) is 15.1. The Hall–Kier alpha value is -0.870. The van der Waals surface area contributed by atoms with E-state index in [2.05, 4.69) is 35.7 Å². The zero-order valence-electron chi connectivity index (χ0n) is 13.7. The smallest absolute Gasteiger partial charge is 0.0765 e. The monoisotopic (exact) mass is 293 g/mol. The lowest BCUT2D eigenvalue weighted by Crippen LogP contribution is -2.38. The van der Waals surface area contributed by atoms with E-state index in [1.807, 2.05) is 0 Å². The first-order chi connectivity index (χ1) is 10.3. The van der Waals surface area contributed by atoms with E-state index in [4.69, 9.17) is 5.10 Å². The summed E-state index contributed by atoms with van der Waals surface area (Å²) in [5, 5.41) is 14.1. The first kappa shape index (κ1) is 16.5. The Morgan fingerprint density at radius 3 is 2.62 bits per heavy atom. The lowest BCUT2D eigenvalue weighted by atomic mass is 9.94. The Morgan fingerprint density at radius 2 is 2.00 bits per heavy atom. The highest BCUT2D eigenvalue weighted by atomic mass is 16.3. The molecule has 1 aromatic rings. The van der Waals surface area contributed by atoms with Crippen molar-refractivity contribution in [2.45, 2.75) is 77.4 Å². The second-order valence-corrected chi connectivity index (χ2v) is 6.24. The second-order valence-electron chi connectivity index (χ2n) is 6.24. The highest BCUT2D eigenvalue weighted by Gasteiger charge is 2.21. The third-order valence-electron chi connectivity index (χ3n) is 4.82. The van der Waals surface area contributed by atoms with Gasteiger partial charge in [-0.2, -0.15) is 5.10 Å². The quantitative estimate of drug-likeness (QED) is 0.799. The first-order valence-electron chi connectivity index (χ1n) is 8.67. The molecule has 0 bridgehead atoms. The minimum absolute atomic E-state index is 0.240. The predicted molar refractivity (Wildman–Crippen MR) is 86.2 cm³/mol. The number of aromatic nitrogens is 2. The van der Waals surface area contributed by atoms with Crippen LogP contribution in [-0.4, -0.2) is 39.0 Å². The van der Waals surface area contributed by atoms with Crippen LogP contribution in [-0.2, 0) is 6.54 Å². The fourth-order valence-corrected chi connectivity index (χ4v) is 3.50. The standard InChI is InChI=1S/C17H31N3O/c1-3-16(4-2)20-11-10-15(18-20)14-19(12-13-21)17-8-6-5-7-9-17/h10-11,16-17,21H,3-9,12-14H2,1-2H3. The number of hydrogen-bond acceptors (Lipinski definition) is 3. The Morgan fingerprint density at radius 1 is 1.29 bits per heavy atom. The highest BCUT2D eigenvalue weighted by Crippen LogP contribution is 2.24. The number of hydrogen-bond donors (Lipinski definition) is 1. The van der Waals surface area contributed by atoms with Gasteiger partial charge in [0.1, 0.15) is 0 Å². The SMILES string of the molecule is CCC(CC)n1ccc(CN(CCO)C2CCCCC2)n1. The van der Waals surface area contributed by atoms with Gasteiger partial charge in [-0.05, 0) is 31.7 Å². The molecule has 1 aliphatic rings. The van der Waals surface area contributed by atoms with Gasteiger partial charge >= 0.3 is 0 Å². The Labute approximate surface area is 129 Å². The zero-order valence-corrected chi connectivity index (χ0v) is 13.7. The van der Waals surface area contributed by atoms with E-state index >= 15 is 0 Å². The van der Waals surface area contributed by atoms with E-state index in [9.17, 15) is 5.11 Å². The minimum atomic E-state index is 0.240. The van der Waals surface area contributed by atoms with Crippen molar-refractivity contribution in [2.75, 3.05) is 13.2 Å². The van der Waals surface area contributed by atoms with Crippen molar-refractivity contribution >= 4 is 0 Å². The summed E-state index contributed by atoms with van der Waals surface area (Å²) in [6, 6.07) is 3.29. The average Bonchev–Trinajstić information content (AvgIpc) is 2.97.